The van der Waals surface area contributed by atoms with Gasteiger partial charge in [0.05, 0.1) is 18.0 Å². The van der Waals surface area contributed by atoms with Crippen LogP contribution >= 0.6 is 0 Å². The summed E-state index contributed by atoms with van der Waals surface area (Å²) in [6.07, 6.45) is 0. The van der Waals surface area contributed by atoms with Crippen LogP contribution in [-0.4, -0.2) is 57.8 Å². The van der Waals surface area contributed by atoms with Crippen LogP contribution in [0.4, 0.5) is 5.69 Å². The van der Waals surface area contributed by atoms with Crippen molar-refractivity contribution in [1.82, 2.24) is 9.21 Å². The largest absolute Gasteiger partial charge is 0.497 e. The molecule has 0 aliphatic rings. The number of sulfonamides is 1. The second-order valence-electron chi connectivity index (χ2n) is 7.20. The zero-order valence-corrected chi connectivity index (χ0v) is 18.6. The molecule has 1 N–H and O–H groups in total. The highest BCUT2D eigenvalue weighted by Crippen LogP contribution is 2.22. The highest BCUT2D eigenvalue weighted by atomic mass is 32.2. The number of ether oxygens (including phenoxy) is 1. The van der Waals surface area contributed by atoms with Crippen LogP contribution in [0.3, 0.4) is 0 Å². The molecular weight excluding hydrogens is 390 g/mol. The lowest BCUT2D eigenvalue weighted by Crippen LogP contribution is -2.39. The van der Waals surface area contributed by atoms with Crippen molar-refractivity contribution in [1.29, 1.82) is 0 Å². The number of rotatable bonds is 8. The zero-order valence-electron chi connectivity index (χ0n) is 17.8. The summed E-state index contributed by atoms with van der Waals surface area (Å²) in [5.74, 6) is 0.556. The van der Waals surface area contributed by atoms with Crippen LogP contribution < -0.4 is 10.1 Å². The van der Waals surface area contributed by atoms with Gasteiger partial charge >= 0.3 is 0 Å². The van der Waals surface area contributed by atoms with Gasteiger partial charge in [-0.15, -0.1) is 0 Å². The number of hydrogen-bond acceptors (Lipinski definition) is 5. The molecule has 158 valence electrons. The van der Waals surface area contributed by atoms with Gasteiger partial charge in [0, 0.05) is 26.3 Å². The summed E-state index contributed by atoms with van der Waals surface area (Å²) < 4.78 is 31.1. The molecule has 0 heterocycles. The molecule has 2 aromatic carbocycles. The Morgan fingerprint density at radius 3 is 2.45 bits per heavy atom. The Kier molecular flexibility index (Phi) is 7.40. The Morgan fingerprint density at radius 2 is 1.83 bits per heavy atom. The first-order chi connectivity index (χ1) is 13.6. The van der Waals surface area contributed by atoms with Gasteiger partial charge in [0.15, 0.2) is 0 Å². The molecule has 1 atom stereocenters. The second-order valence-corrected chi connectivity index (χ2v) is 9.35. The minimum absolute atomic E-state index is 0.140. The van der Waals surface area contributed by atoms with Crippen molar-refractivity contribution < 1.29 is 17.9 Å². The van der Waals surface area contributed by atoms with Crippen LogP contribution in [0.15, 0.2) is 47.4 Å². The second kappa shape index (κ2) is 9.39. The fourth-order valence-electron chi connectivity index (χ4n) is 2.74. The first-order valence-corrected chi connectivity index (χ1v) is 10.7. The number of methoxy groups -OCH3 is 1. The number of amides is 1. The van der Waals surface area contributed by atoms with E-state index in [9.17, 15) is 13.2 Å². The summed E-state index contributed by atoms with van der Waals surface area (Å²) in [5, 5.41) is 2.86. The van der Waals surface area contributed by atoms with E-state index >= 15 is 0 Å². The molecule has 0 aliphatic carbocycles. The van der Waals surface area contributed by atoms with Crippen molar-refractivity contribution in [3.8, 4) is 5.75 Å². The first-order valence-electron chi connectivity index (χ1n) is 9.23. The smallest absolute Gasteiger partial charge is 0.242 e. The third-order valence-corrected chi connectivity index (χ3v) is 6.66. The van der Waals surface area contributed by atoms with Gasteiger partial charge in [0.2, 0.25) is 15.9 Å². The monoisotopic (exact) mass is 419 g/mol. The Bertz CT molecular complexity index is 974. The fraction of sp³-hybridized carbons (Fsp3) is 0.381. The maximum absolute atomic E-state index is 12.8. The van der Waals surface area contributed by atoms with Crippen molar-refractivity contribution in [3.05, 3.63) is 53.6 Å². The molecule has 0 aromatic heterocycles. The Labute approximate surface area is 173 Å². The number of carbonyl (C=O) groups is 1. The molecule has 0 unspecified atom stereocenters. The molecule has 2 aromatic rings. The maximum atomic E-state index is 12.8. The number of benzene rings is 2. The standard InChI is InChI=1S/C21H29N3O4S/c1-15-10-11-19(29(26,27)23(3)4)13-20(15)22-21(25)16(2)24(5)14-17-8-7-9-18(12-17)28-6/h7-13,16H,14H2,1-6H3,(H,22,25)/t16-/m1/s1. The van der Waals surface area contributed by atoms with Crippen LogP contribution in [0.25, 0.3) is 0 Å². The normalized spacial score (nSPS) is 12.8. The lowest BCUT2D eigenvalue weighted by molar-refractivity contribution is -0.120. The van der Waals surface area contributed by atoms with Gasteiger partial charge in [-0.2, -0.15) is 0 Å². The maximum Gasteiger partial charge on any atom is 0.242 e. The SMILES string of the molecule is COc1cccc(CN(C)[C@H](C)C(=O)Nc2cc(S(=O)(=O)N(C)C)ccc2C)c1. The number of aryl methyl sites for hydroxylation is 1. The predicted octanol–water partition coefficient (Wildman–Crippen LogP) is 2.71. The Hall–Kier alpha value is -2.42. The van der Waals surface area contributed by atoms with Gasteiger partial charge in [0.25, 0.3) is 0 Å². The number of nitrogens with one attached hydrogen (secondary N) is 1. The van der Waals surface area contributed by atoms with Crippen LogP contribution in [0.1, 0.15) is 18.1 Å². The van der Waals surface area contributed by atoms with Gasteiger partial charge < -0.3 is 10.1 Å². The van der Waals surface area contributed by atoms with E-state index in [1.54, 1.807) is 19.2 Å². The van der Waals surface area contributed by atoms with Crippen LogP contribution in [0, 0.1) is 6.92 Å². The summed E-state index contributed by atoms with van der Waals surface area (Å²) in [6.45, 7) is 4.21. The molecule has 1 amide bonds. The topological polar surface area (TPSA) is 79.0 Å². The van der Waals surface area contributed by atoms with Crippen LogP contribution in [0.5, 0.6) is 5.75 Å². The third-order valence-electron chi connectivity index (χ3n) is 4.85. The predicted molar refractivity (Wildman–Crippen MR) is 115 cm³/mol. The number of nitrogens with zero attached hydrogens (tertiary/aromatic N) is 2. The Balaban J connectivity index is 2.14. The van der Waals surface area contributed by atoms with Crippen molar-refractivity contribution in [2.24, 2.45) is 0 Å². The van der Waals surface area contributed by atoms with Gasteiger partial charge in [-0.3, -0.25) is 9.69 Å². The lowest BCUT2D eigenvalue weighted by atomic mass is 10.1. The molecule has 0 spiro atoms. The highest BCUT2D eigenvalue weighted by molar-refractivity contribution is 7.89. The molecule has 7 nitrogen and oxygen atoms in total. The van der Waals surface area contributed by atoms with E-state index in [2.05, 4.69) is 5.32 Å². The van der Waals surface area contributed by atoms with Gasteiger partial charge in [-0.1, -0.05) is 18.2 Å². The summed E-state index contributed by atoms with van der Waals surface area (Å²) in [7, 11) is 2.86. The van der Waals surface area contributed by atoms with Gasteiger partial charge in [-0.25, -0.2) is 12.7 Å². The summed E-state index contributed by atoms with van der Waals surface area (Å²) in [5.41, 5.74) is 2.31. The average Bonchev–Trinajstić information content (AvgIpc) is 2.68. The van der Waals surface area contributed by atoms with Gasteiger partial charge in [-0.05, 0) is 56.3 Å². The molecule has 2 rings (SSSR count). The lowest BCUT2D eigenvalue weighted by Gasteiger charge is -2.24. The number of carbonyl (C=O) groups excluding carboxylic acids is 1. The van der Waals surface area contributed by atoms with Crippen molar-refractivity contribution in [3.63, 3.8) is 0 Å². The average molecular weight is 420 g/mol. The van der Waals surface area contributed by atoms with Crippen LogP contribution in [0.2, 0.25) is 0 Å². The van der Waals surface area contributed by atoms with E-state index in [0.717, 1.165) is 21.2 Å². The molecule has 0 saturated carbocycles. The summed E-state index contributed by atoms with van der Waals surface area (Å²) in [6, 6.07) is 12.0. The molecule has 8 heteroatoms. The van der Waals surface area contributed by atoms with Crippen molar-refractivity contribution >= 4 is 21.6 Å². The fourth-order valence-corrected chi connectivity index (χ4v) is 3.67. The van der Waals surface area contributed by atoms with E-state index in [0.29, 0.717) is 12.2 Å². The molecule has 0 fully saturated rings. The number of hydrogen-bond donors (Lipinski definition) is 1. The van der Waals surface area contributed by atoms with E-state index in [1.165, 1.54) is 20.2 Å². The van der Waals surface area contributed by atoms with Gasteiger partial charge in [0.1, 0.15) is 5.75 Å². The zero-order chi connectivity index (χ0) is 21.8. The van der Waals surface area contributed by atoms with Crippen molar-refractivity contribution in [2.45, 2.75) is 31.3 Å². The van der Waals surface area contributed by atoms with Crippen molar-refractivity contribution in [2.75, 3.05) is 33.6 Å². The summed E-state index contributed by atoms with van der Waals surface area (Å²) >= 11 is 0. The van der Waals surface area contributed by atoms with E-state index in [1.807, 2.05) is 50.1 Å². The number of likely N-dealkylation sites (N-methyl/N-ethyl adjacent to an activating group) is 1. The van der Waals surface area contributed by atoms with E-state index in [4.69, 9.17) is 4.74 Å². The molecule has 0 radical (unpaired) electrons. The molecule has 0 saturated heterocycles. The van der Waals surface area contributed by atoms with E-state index < -0.39 is 16.1 Å². The minimum Gasteiger partial charge on any atom is -0.497 e. The minimum atomic E-state index is -3.58. The molecule has 0 bridgehead atoms. The number of anilines is 1. The Morgan fingerprint density at radius 1 is 1.14 bits per heavy atom. The molecule has 0 aliphatic heterocycles. The molecular formula is C21H29N3O4S. The summed E-state index contributed by atoms with van der Waals surface area (Å²) in [4.78, 5) is 14.8. The van der Waals surface area contributed by atoms with E-state index in [-0.39, 0.29) is 10.8 Å². The van der Waals surface area contributed by atoms with Crippen LogP contribution in [-0.2, 0) is 21.4 Å². The first kappa shape index (κ1) is 22.9. The molecule has 29 heavy (non-hydrogen) atoms. The highest BCUT2D eigenvalue weighted by Gasteiger charge is 2.22. The quantitative estimate of drug-likeness (QED) is 0.712. The third kappa shape index (κ3) is 5.56.